The predicted octanol–water partition coefficient (Wildman–Crippen LogP) is 9.53. The standard InChI is InChI=1S/C28H35F3/c1-11-12-22(7)27(30)28(31)25(10)21(6)16-15-19(4)23(8)17-26(29)24(9)20(5)14-13-18(2)3/h11,15-18,20H,1,4,6-10,12-14H2,2-3,5H3/b16-15-,26-17+,28-27-. The van der Waals surface area contributed by atoms with Crippen molar-refractivity contribution in [2.24, 2.45) is 11.8 Å². The van der Waals surface area contributed by atoms with Crippen LogP contribution in [0.3, 0.4) is 0 Å². The molecule has 0 radical (unpaired) electrons. The molecule has 0 aromatic carbocycles. The number of hydrogen-bond donors (Lipinski definition) is 0. The second-order valence-electron chi connectivity index (χ2n) is 8.00. The van der Waals surface area contributed by atoms with E-state index in [0.29, 0.717) is 22.6 Å². The summed E-state index contributed by atoms with van der Waals surface area (Å²) in [6.07, 6.45) is 7.57. The van der Waals surface area contributed by atoms with Crippen molar-refractivity contribution < 1.29 is 13.2 Å². The van der Waals surface area contributed by atoms with Crippen molar-refractivity contribution in [2.45, 2.75) is 40.0 Å². The highest BCUT2D eigenvalue weighted by molar-refractivity contribution is 5.53. The summed E-state index contributed by atoms with van der Waals surface area (Å²) in [5, 5.41) is 0. The first-order valence-corrected chi connectivity index (χ1v) is 10.2. The average molecular weight is 429 g/mol. The van der Waals surface area contributed by atoms with Crippen LogP contribution in [-0.4, -0.2) is 0 Å². The lowest BCUT2D eigenvalue weighted by atomic mass is 9.92. The van der Waals surface area contributed by atoms with E-state index >= 15 is 0 Å². The number of rotatable bonds is 14. The molecular formula is C28H35F3. The first kappa shape index (κ1) is 28.2. The zero-order valence-corrected chi connectivity index (χ0v) is 19.2. The SMILES string of the molecule is C=CCC(=C)/C(F)=C(/F)C(=C)C(=C)/C=C\C(=C)C(=C)/C=C(/F)C(=C)C(C)CCC(C)C. The molecule has 0 aromatic rings. The van der Waals surface area contributed by atoms with Gasteiger partial charge in [-0.3, -0.25) is 0 Å². The zero-order valence-electron chi connectivity index (χ0n) is 19.2. The van der Waals surface area contributed by atoms with Gasteiger partial charge in [-0.2, -0.15) is 0 Å². The van der Waals surface area contributed by atoms with Crippen molar-refractivity contribution in [2.75, 3.05) is 0 Å². The minimum Gasteiger partial charge on any atom is -0.207 e. The maximum Gasteiger partial charge on any atom is 0.166 e. The molecule has 0 N–H and O–H groups in total. The van der Waals surface area contributed by atoms with E-state index in [9.17, 15) is 13.2 Å². The summed E-state index contributed by atoms with van der Waals surface area (Å²) in [5.74, 6) is -2.12. The van der Waals surface area contributed by atoms with Gasteiger partial charge in [0.2, 0.25) is 0 Å². The molecule has 168 valence electrons. The third-order valence-electron chi connectivity index (χ3n) is 4.82. The Morgan fingerprint density at radius 2 is 1.32 bits per heavy atom. The molecule has 0 aliphatic rings. The zero-order chi connectivity index (χ0) is 24.3. The van der Waals surface area contributed by atoms with E-state index in [0.717, 1.165) is 12.8 Å². The molecule has 0 bridgehead atoms. The van der Waals surface area contributed by atoms with Gasteiger partial charge in [-0.05, 0) is 58.6 Å². The van der Waals surface area contributed by atoms with Gasteiger partial charge in [0.15, 0.2) is 11.7 Å². The molecule has 0 rings (SSSR count). The van der Waals surface area contributed by atoms with E-state index in [2.05, 4.69) is 59.9 Å². The van der Waals surface area contributed by atoms with Gasteiger partial charge in [-0.15, -0.1) is 6.58 Å². The predicted molar refractivity (Wildman–Crippen MR) is 130 cm³/mol. The van der Waals surface area contributed by atoms with E-state index < -0.39 is 17.5 Å². The summed E-state index contributed by atoms with van der Waals surface area (Å²) >= 11 is 0. The van der Waals surface area contributed by atoms with E-state index in [4.69, 9.17) is 0 Å². The molecule has 0 fully saturated rings. The van der Waals surface area contributed by atoms with Crippen molar-refractivity contribution >= 4 is 0 Å². The second-order valence-corrected chi connectivity index (χ2v) is 8.00. The molecule has 3 heteroatoms. The molecule has 31 heavy (non-hydrogen) atoms. The summed E-state index contributed by atoms with van der Waals surface area (Å²) in [7, 11) is 0. The Labute approximate surface area is 186 Å². The summed E-state index contributed by atoms with van der Waals surface area (Å²) in [4.78, 5) is 0. The smallest absolute Gasteiger partial charge is 0.166 e. The van der Waals surface area contributed by atoms with Crippen LogP contribution in [0.2, 0.25) is 0 Å². The maximum atomic E-state index is 14.5. The third kappa shape index (κ3) is 9.69. The van der Waals surface area contributed by atoms with Gasteiger partial charge in [-0.25, -0.2) is 13.2 Å². The molecule has 0 amide bonds. The molecule has 0 aliphatic carbocycles. The van der Waals surface area contributed by atoms with Crippen LogP contribution in [0.15, 0.2) is 121 Å². The Morgan fingerprint density at radius 3 is 1.84 bits per heavy atom. The Morgan fingerprint density at radius 1 is 0.774 bits per heavy atom. The van der Waals surface area contributed by atoms with Crippen LogP contribution in [0, 0.1) is 11.8 Å². The Balaban J connectivity index is 5.17. The van der Waals surface area contributed by atoms with Gasteiger partial charge in [0.05, 0.1) is 0 Å². The normalized spacial score (nSPS) is 13.6. The lowest BCUT2D eigenvalue weighted by Gasteiger charge is -2.15. The monoisotopic (exact) mass is 428 g/mol. The molecule has 0 nitrogen and oxygen atoms in total. The van der Waals surface area contributed by atoms with Crippen molar-refractivity contribution in [3.8, 4) is 0 Å². The molecular weight excluding hydrogens is 393 g/mol. The van der Waals surface area contributed by atoms with Crippen molar-refractivity contribution in [1.29, 1.82) is 0 Å². The summed E-state index contributed by atoms with van der Waals surface area (Å²) in [6.45, 7) is 31.8. The first-order valence-electron chi connectivity index (χ1n) is 10.2. The highest BCUT2D eigenvalue weighted by atomic mass is 19.2. The lowest BCUT2D eigenvalue weighted by molar-refractivity contribution is 0.478. The number of allylic oxidation sites excluding steroid dienone is 13. The number of hydrogen-bond acceptors (Lipinski definition) is 0. The molecule has 1 atom stereocenters. The molecule has 0 spiro atoms. The lowest BCUT2D eigenvalue weighted by Crippen LogP contribution is -2.02. The third-order valence-corrected chi connectivity index (χ3v) is 4.82. The highest BCUT2D eigenvalue weighted by Gasteiger charge is 2.14. The van der Waals surface area contributed by atoms with Crippen LogP contribution >= 0.6 is 0 Å². The molecule has 0 saturated heterocycles. The maximum absolute atomic E-state index is 14.5. The van der Waals surface area contributed by atoms with Crippen LogP contribution in [0.4, 0.5) is 13.2 Å². The Bertz CT molecular complexity index is 857. The van der Waals surface area contributed by atoms with E-state index in [-0.39, 0.29) is 29.1 Å². The minimum absolute atomic E-state index is 0.0128. The van der Waals surface area contributed by atoms with Gasteiger partial charge in [0.1, 0.15) is 5.83 Å². The van der Waals surface area contributed by atoms with Crippen LogP contribution in [0.25, 0.3) is 0 Å². The second kappa shape index (κ2) is 13.5. The van der Waals surface area contributed by atoms with Gasteiger partial charge < -0.3 is 0 Å². The van der Waals surface area contributed by atoms with Crippen LogP contribution in [0.5, 0.6) is 0 Å². The van der Waals surface area contributed by atoms with Gasteiger partial charge >= 0.3 is 0 Å². The van der Waals surface area contributed by atoms with Gasteiger partial charge in [-0.1, -0.05) is 84.9 Å². The largest absolute Gasteiger partial charge is 0.207 e. The summed E-state index contributed by atoms with van der Waals surface area (Å²) < 4.78 is 42.8. The summed E-state index contributed by atoms with van der Waals surface area (Å²) in [5.41, 5.74) is 1.04. The highest BCUT2D eigenvalue weighted by Crippen LogP contribution is 2.29. The van der Waals surface area contributed by atoms with Crippen LogP contribution < -0.4 is 0 Å². The first-order chi connectivity index (χ1) is 14.3. The molecule has 1 unspecified atom stereocenters. The summed E-state index contributed by atoms with van der Waals surface area (Å²) in [6, 6.07) is 0. The molecule has 0 aromatic heterocycles. The quantitative estimate of drug-likeness (QED) is 0.191. The van der Waals surface area contributed by atoms with E-state index in [1.54, 1.807) is 0 Å². The van der Waals surface area contributed by atoms with Crippen LogP contribution in [-0.2, 0) is 0 Å². The minimum atomic E-state index is -1.14. The Hall–Kier alpha value is -2.81. The average Bonchev–Trinajstić information content (AvgIpc) is 2.72. The van der Waals surface area contributed by atoms with Crippen molar-refractivity contribution in [3.63, 3.8) is 0 Å². The topological polar surface area (TPSA) is 0 Å². The fourth-order valence-corrected chi connectivity index (χ4v) is 2.43. The fraction of sp³-hybridized carbons (Fsp3) is 0.286. The van der Waals surface area contributed by atoms with Crippen LogP contribution in [0.1, 0.15) is 40.0 Å². The van der Waals surface area contributed by atoms with E-state index in [1.807, 2.05) is 6.92 Å². The van der Waals surface area contributed by atoms with Crippen molar-refractivity contribution in [3.05, 3.63) is 121 Å². The fourth-order valence-electron chi connectivity index (χ4n) is 2.43. The van der Waals surface area contributed by atoms with E-state index in [1.165, 1.54) is 24.3 Å². The number of halogens is 3. The Kier molecular flexibility index (Phi) is 12.3. The molecule has 0 heterocycles. The van der Waals surface area contributed by atoms with Gasteiger partial charge in [0.25, 0.3) is 0 Å². The van der Waals surface area contributed by atoms with Gasteiger partial charge in [0, 0.05) is 5.57 Å². The molecule has 0 aliphatic heterocycles. The van der Waals surface area contributed by atoms with Crippen molar-refractivity contribution in [1.82, 2.24) is 0 Å². The molecule has 0 saturated carbocycles.